The number of hydrogen-bond donors (Lipinski definition) is 2. The van der Waals surface area contributed by atoms with Gasteiger partial charge < -0.3 is 14.8 Å². The van der Waals surface area contributed by atoms with Crippen molar-refractivity contribution >= 4 is 39.5 Å². The fraction of sp³-hybridized carbons (Fsp3) is 0.211. The molecular weight excluding hydrogens is 416 g/mol. The molecule has 2 aromatic rings. The molecular formula is C19H19BrN2O5. The van der Waals surface area contributed by atoms with Gasteiger partial charge in [0.15, 0.2) is 6.61 Å². The zero-order valence-corrected chi connectivity index (χ0v) is 16.7. The van der Waals surface area contributed by atoms with E-state index in [1.54, 1.807) is 6.07 Å². The maximum Gasteiger partial charge on any atom is 0.337 e. The maximum absolute atomic E-state index is 12.0. The molecule has 0 aromatic heterocycles. The minimum atomic E-state index is -0.641. The fourth-order valence-corrected chi connectivity index (χ4v) is 2.70. The van der Waals surface area contributed by atoms with Crippen LogP contribution in [0.25, 0.3) is 0 Å². The van der Waals surface area contributed by atoms with Gasteiger partial charge in [0.2, 0.25) is 0 Å². The molecule has 0 aliphatic carbocycles. The number of carbonyl (C=O) groups excluding carboxylic acids is 3. The number of anilines is 1. The number of esters is 1. The van der Waals surface area contributed by atoms with Gasteiger partial charge in [0.05, 0.1) is 17.1 Å². The highest BCUT2D eigenvalue weighted by molar-refractivity contribution is 9.10. The van der Waals surface area contributed by atoms with Crippen LogP contribution in [0.3, 0.4) is 0 Å². The number of rotatable bonds is 5. The van der Waals surface area contributed by atoms with Crippen molar-refractivity contribution in [1.82, 2.24) is 5.32 Å². The molecule has 2 N–H and O–H groups in total. The van der Waals surface area contributed by atoms with Crippen molar-refractivity contribution in [3.63, 3.8) is 0 Å². The predicted molar refractivity (Wildman–Crippen MR) is 104 cm³/mol. The third-order valence-electron chi connectivity index (χ3n) is 3.82. The minimum absolute atomic E-state index is 0.342. The molecule has 142 valence electrons. The number of amides is 3. The van der Waals surface area contributed by atoms with Gasteiger partial charge in [-0.25, -0.2) is 9.59 Å². The molecule has 27 heavy (non-hydrogen) atoms. The van der Waals surface area contributed by atoms with E-state index in [0.717, 1.165) is 11.1 Å². The summed E-state index contributed by atoms with van der Waals surface area (Å²) in [5.74, 6) is -0.738. The van der Waals surface area contributed by atoms with E-state index in [0.29, 0.717) is 21.5 Å². The first-order valence-electron chi connectivity index (χ1n) is 7.99. The van der Waals surface area contributed by atoms with E-state index in [-0.39, 0.29) is 6.61 Å². The van der Waals surface area contributed by atoms with Crippen LogP contribution in [0.5, 0.6) is 5.75 Å². The van der Waals surface area contributed by atoms with Gasteiger partial charge in [-0.05, 0) is 65.2 Å². The van der Waals surface area contributed by atoms with Crippen LogP contribution in [0.15, 0.2) is 40.9 Å². The third-order valence-corrected chi connectivity index (χ3v) is 4.44. The number of methoxy groups -OCH3 is 1. The highest BCUT2D eigenvalue weighted by Crippen LogP contribution is 2.26. The van der Waals surface area contributed by atoms with E-state index >= 15 is 0 Å². The molecule has 0 heterocycles. The first kappa shape index (κ1) is 20.4. The minimum Gasteiger partial charge on any atom is -0.483 e. The summed E-state index contributed by atoms with van der Waals surface area (Å²) in [7, 11) is 1.29. The Morgan fingerprint density at radius 1 is 1.11 bits per heavy atom. The normalized spacial score (nSPS) is 10.1. The second-order valence-electron chi connectivity index (χ2n) is 5.68. The van der Waals surface area contributed by atoms with Gasteiger partial charge in [-0.2, -0.15) is 0 Å². The number of imide groups is 1. The summed E-state index contributed by atoms with van der Waals surface area (Å²) in [5, 5.41) is 4.83. The lowest BCUT2D eigenvalue weighted by Crippen LogP contribution is -2.37. The van der Waals surface area contributed by atoms with Gasteiger partial charge in [-0.1, -0.05) is 12.1 Å². The molecule has 0 saturated heterocycles. The first-order chi connectivity index (χ1) is 12.8. The van der Waals surface area contributed by atoms with Crippen molar-refractivity contribution in [3.8, 4) is 5.75 Å². The Bertz CT molecular complexity index is 882. The predicted octanol–water partition coefficient (Wildman–Crippen LogP) is 3.58. The van der Waals surface area contributed by atoms with Gasteiger partial charge in [0, 0.05) is 5.69 Å². The number of hydrogen-bond acceptors (Lipinski definition) is 5. The van der Waals surface area contributed by atoms with Gasteiger partial charge in [0.25, 0.3) is 5.91 Å². The molecule has 2 rings (SSSR count). The van der Waals surface area contributed by atoms with E-state index in [1.807, 2.05) is 26.0 Å². The molecule has 3 amide bonds. The van der Waals surface area contributed by atoms with E-state index < -0.39 is 17.9 Å². The summed E-state index contributed by atoms with van der Waals surface area (Å²) in [4.78, 5) is 35.3. The lowest BCUT2D eigenvalue weighted by Gasteiger charge is -2.12. The molecule has 0 saturated carbocycles. The zero-order valence-electron chi connectivity index (χ0n) is 15.1. The Morgan fingerprint density at radius 3 is 2.52 bits per heavy atom. The van der Waals surface area contributed by atoms with Crippen LogP contribution >= 0.6 is 15.9 Å². The smallest absolute Gasteiger partial charge is 0.337 e. The van der Waals surface area contributed by atoms with Crippen LogP contribution in [0.4, 0.5) is 10.5 Å². The molecule has 0 aliphatic rings. The summed E-state index contributed by atoms with van der Waals surface area (Å²) >= 11 is 3.26. The van der Waals surface area contributed by atoms with Crippen LogP contribution in [0.2, 0.25) is 0 Å². The number of urea groups is 1. The van der Waals surface area contributed by atoms with Crippen molar-refractivity contribution in [2.45, 2.75) is 13.8 Å². The van der Waals surface area contributed by atoms with Crippen LogP contribution in [-0.4, -0.2) is 31.6 Å². The van der Waals surface area contributed by atoms with E-state index in [4.69, 9.17) is 4.74 Å². The molecule has 0 fully saturated rings. The lowest BCUT2D eigenvalue weighted by molar-refractivity contribution is -0.121. The summed E-state index contributed by atoms with van der Waals surface area (Å²) in [6, 6.07) is 9.42. The second-order valence-corrected chi connectivity index (χ2v) is 6.53. The number of nitrogens with one attached hydrogen (secondary N) is 2. The van der Waals surface area contributed by atoms with E-state index in [1.165, 1.54) is 25.3 Å². The number of benzene rings is 2. The Hall–Kier alpha value is -2.87. The SMILES string of the molecule is COC(=O)c1ccc(OCC(=O)NC(=O)Nc2cccc(C)c2C)c(Br)c1. The molecule has 0 spiro atoms. The van der Waals surface area contributed by atoms with Gasteiger partial charge in [-0.3, -0.25) is 10.1 Å². The summed E-state index contributed by atoms with van der Waals surface area (Å²) in [5.41, 5.74) is 2.92. The van der Waals surface area contributed by atoms with Crippen LogP contribution in [-0.2, 0) is 9.53 Å². The van der Waals surface area contributed by atoms with Crippen LogP contribution in [0, 0.1) is 13.8 Å². The standard InChI is InChI=1S/C19H19BrN2O5/c1-11-5-4-6-15(12(11)2)21-19(25)22-17(23)10-27-16-8-7-13(9-14(16)20)18(24)26-3/h4-9H,10H2,1-3H3,(H2,21,22,23,25). The monoisotopic (exact) mass is 434 g/mol. The van der Waals surface area contributed by atoms with Gasteiger partial charge in [0.1, 0.15) is 5.75 Å². The molecule has 0 atom stereocenters. The fourth-order valence-electron chi connectivity index (χ4n) is 2.21. The molecule has 0 radical (unpaired) electrons. The van der Waals surface area contributed by atoms with Gasteiger partial charge >= 0.3 is 12.0 Å². The highest BCUT2D eigenvalue weighted by atomic mass is 79.9. The molecule has 0 aliphatic heterocycles. The lowest BCUT2D eigenvalue weighted by atomic mass is 10.1. The molecule has 2 aromatic carbocycles. The number of halogens is 1. The Balaban J connectivity index is 1.89. The van der Waals surface area contributed by atoms with E-state index in [2.05, 4.69) is 31.3 Å². The molecule has 0 unspecified atom stereocenters. The average molecular weight is 435 g/mol. The van der Waals surface area contributed by atoms with Gasteiger partial charge in [-0.15, -0.1) is 0 Å². The summed E-state index contributed by atoms with van der Waals surface area (Å²) in [6.07, 6.45) is 0. The Morgan fingerprint density at radius 2 is 1.85 bits per heavy atom. The molecule has 8 heteroatoms. The van der Waals surface area contributed by atoms with Crippen LogP contribution < -0.4 is 15.4 Å². The summed E-state index contributed by atoms with van der Waals surface area (Å²) in [6.45, 7) is 3.45. The quantitative estimate of drug-likeness (QED) is 0.701. The molecule has 0 bridgehead atoms. The van der Waals surface area contributed by atoms with Crippen molar-refractivity contribution in [1.29, 1.82) is 0 Å². The largest absolute Gasteiger partial charge is 0.483 e. The first-order valence-corrected chi connectivity index (χ1v) is 8.79. The van der Waals surface area contributed by atoms with Crippen molar-refractivity contribution < 1.29 is 23.9 Å². The molecule has 7 nitrogen and oxygen atoms in total. The maximum atomic E-state index is 12.0. The summed E-state index contributed by atoms with van der Waals surface area (Å²) < 4.78 is 10.5. The topological polar surface area (TPSA) is 93.7 Å². The zero-order chi connectivity index (χ0) is 20.0. The highest BCUT2D eigenvalue weighted by Gasteiger charge is 2.13. The Labute approximate surface area is 165 Å². The number of aryl methyl sites for hydroxylation is 1. The van der Waals surface area contributed by atoms with Crippen molar-refractivity contribution in [2.75, 3.05) is 19.0 Å². The second kappa shape index (κ2) is 9.18. The van der Waals surface area contributed by atoms with Crippen molar-refractivity contribution in [2.24, 2.45) is 0 Å². The van der Waals surface area contributed by atoms with Crippen LogP contribution in [0.1, 0.15) is 21.5 Å². The Kier molecular flexibility index (Phi) is 6.95. The number of ether oxygens (including phenoxy) is 2. The van der Waals surface area contributed by atoms with E-state index in [9.17, 15) is 14.4 Å². The average Bonchev–Trinajstić information content (AvgIpc) is 2.63. The third kappa shape index (κ3) is 5.55. The van der Waals surface area contributed by atoms with Crippen molar-refractivity contribution in [3.05, 3.63) is 57.6 Å². The number of carbonyl (C=O) groups is 3.